The SMILES string of the molecule is BrC1=C(c2ccccc2I)B(c2ccccc2)Nc2cc3c(cc21)NB(c1ccccc1)C(c1ccccc1I)=C3Br. The summed E-state index contributed by atoms with van der Waals surface area (Å²) < 4.78 is 4.67. The number of rotatable bonds is 4. The monoisotopic (exact) mass is 892 g/mol. The van der Waals surface area contributed by atoms with Crippen molar-refractivity contribution >= 4 is 133 Å². The summed E-state index contributed by atoms with van der Waals surface area (Å²) in [7, 11) is 0. The number of hydrogen-bond acceptors (Lipinski definition) is 2. The van der Waals surface area contributed by atoms with Crippen molar-refractivity contribution in [1.82, 2.24) is 0 Å². The van der Waals surface area contributed by atoms with Gasteiger partial charge < -0.3 is 10.5 Å². The van der Waals surface area contributed by atoms with Gasteiger partial charge in [-0.15, -0.1) is 0 Å². The third-order valence-electron chi connectivity index (χ3n) is 7.87. The molecule has 5 aromatic carbocycles. The van der Waals surface area contributed by atoms with Crippen LogP contribution in [-0.2, 0) is 0 Å². The van der Waals surface area contributed by atoms with E-state index in [4.69, 9.17) is 0 Å². The van der Waals surface area contributed by atoms with E-state index in [-0.39, 0.29) is 13.7 Å². The van der Waals surface area contributed by atoms with E-state index in [1.54, 1.807) is 0 Å². The third kappa shape index (κ3) is 5.12. The van der Waals surface area contributed by atoms with Crippen molar-refractivity contribution in [3.63, 3.8) is 0 Å². The lowest BCUT2D eigenvalue weighted by Crippen LogP contribution is -2.43. The molecule has 0 aromatic heterocycles. The van der Waals surface area contributed by atoms with Crippen molar-refractivity contribution in [2.45, 2.75) is 0 Å². The molecule has 0 spiro atoms. The largest absolute Gasteiger partial charge is 0.420 e. The van der Waals surface area contributed by atoms with Crippen molar-refractivity contribution < 1.29 is 0 Å². The molecule has 0 aliphatic carbocycles. The van der Waals surface area contributed by atoms with Gasteiger partial charge in [0.2, 0.25) is 0 Å². The lowest BCUT2D eigenvalue weighted by Gasteiger charge is -2.33. The smallest absolute Gasteiger partial charge is 0.322 e. The fourth-order valence-corrected chi connectivity index (χ4v) is 8.80. The Hall–Kier alpha value is -2.27. The second-order valence-corrected chi connectivity index (χ2v) is 14.2. The lowest BCUT2D eigenvalue weighted by molar-refractivity contribution is 1.51. The van der Waals surface area contributed by atoms with Crippen molar-refractivity contribution in [3.8, 4) is 0 Å². The fourth-order valence-electron chi connectivity index (χ4n) is 5.90. The Morgan fingerprint density at radius 3 is 1.19 bits per heavy atom. The number of anilines is 2. The Morgan fingerprint density at radius 2 is 0.810 bits per heavy atom. The van der Waals surface area contributed by atoms with E-state index in [1.165, 1.54) is 40.1 Å². The molecule has 0 fully saturated rings. The van der Waals surface area contributed by atoms with Crippen LogP contribution in [0.25, 0.3) is 19.9 Å². The Bertz CT molecular complexity index is 1760. The number of fused-ring (bicyclic) bond motifs is 2. The van der Waals surface area contributed by atoms with Crippen LogP contribution < -0.4 is 21.4 Å². The summed E-state index contributed by atoms with van der Waals surface area (Å²) in [6.07, 6.45) is 0. The molecule has 0 atom stereocenters. The van der Waals surface area contributed by atoms with Gasteiger partial charge in [-0.05, 0) is 91.5 Å². The summed E-state index contributed by atoms with van der Waals surface area (Å²) in [5.74, 6) is 0. The first kappa shape index (κ1) is 28.5. The summed E-state index contributed by atoms with van der Waals surface area (Å²) in [6, 6.07) is 43.2. The zero-order chi connectivity index (χ0) is 28.8. The minimum atomic E-state index is -0.00652. The van der Waals surface area contributed by atoms with Gasteiger partial charge >= 0.3 is 13.7 Å². The average molecular weight is 894 g/mol. The molecule has 2 N–H and O–H groups in total. The number of hydrogen-bond donors (Lipinski definition) is 2. The Labute approximate surface area is 291 Å². The molecule has 2 nitrogen and oxygen atoms in total. The maximum atomic E-state index is 4.11. The van der Waals surface area contributed by atoms with Gasteiger partial charge in [0.15, 0.2) is 0 Å². The van der Waals surface area contributed by atoms with Crippen LogP contribution >= 0.6 is 77.0 Å². The maximum Gasteiger partial charge on any atom is 0.322 e. The number of halogens is 4. The van der Waals surface area contributed by atoms with Crippen molar-refractivity contribution in [2.75, 3.05) is 10.5 Å². The standard InChI is InChI=1S/C34H22B2Br2I2N2/c37-33-25-20-30-26(34(38)32(24-16-8-10-18-28(24)40)36(42-30)22-13-5-2-6-14-22)19-29(25)41-35(21-11-3-1-4-12-21)31(33)23-15-7-9-17-27(23)39/h1-20,41-42H. The first-order valence-corrected chi connectivity index (χ1v) is 17.4. The van der Waals surface area contributed by atoms with Gasteiger partial charge in [0.05, 0.1) is 0 Å². The highest BCUT2D eigenvalue weighted by molar-refractivity contribution is 14.1. The molecule has 2 aliphatic rings. The highest BCUT2D eigenvalue weighted by Crippen LogP contribution is 2.48. The zero-order valence-corrected chi connectivity index (χ0v) is 29.7. The Kier molecular flexibility index (Phi) is 8.15. The van der Waals surface area contributed by atoms with E-state index in [1.807, 2.05) is 0 Å². The molecule has 202 valence electrons. The van der Waals surface area contributed by atoms with Crippen molar-refractivity contribution in [1.29, 1.82) is 0 Å². The van der Waals surface area contributed by atoms with Gasteiger partial charge in [-0.3, -0.25) is 0 Å². The van der Waals surface area contributed by atoms with Crippen LogP contribution in [0.15, 0.2) is 121 Å². The molecule has 0 saturated heterocycles. The average Bonchev–Trinajstić information content (AvgIpc) is 3.02. The minimum absolute atomic E-state index is 0.00652. The van der Waals surface area contributed by atoms with Crippen LogP contribution in [0.4, 0.5) is 11.4 Å². The van der Waals surface area contributed by atoms with Crippen LogP contribution in [-0.4, -0.2) is 13.7 Å². The van der Waals surface area contributed by atoms with Crippen LogP contribution in [0.2, 0.25) is 0 Å². The van der Waals surface area contributed by atoms with E-state index in [0.29, 0.717) is 0 Å². The molecule has 2 heterocycles. The molecule has 7 rings (SSSR count). The van der Waals surface area contributed by atoms with Gasteiger partial charge in [-0.1, -0.05) is 140 Å². The number of benzene rings is 5. The van der Waals surface area contributed by atoms with Gasteiger partial charge in [-0.2, -0.15) is 0 Å². The molecule has 0 unspecified atom stereocenters. The van der Waals surface area contributed by atoms with E-state index in [2.05, 4.69) is 209 Å². The van der Waals surface area contributed by atoms with E-state index in [9.17, 15) is 0 Å². The second-order valence-electron chi connectivity index (χ2n) is 10.3. The minimum Gasteiger partial charge on any atom is -0.420 e. The molecular formula is C34H22B2Br2I2N2. The normalized spacial score (nSPS) is 14.3. The molecule has 0 bridgehead atoms. The third-order valence-corrected chi connectivity index (χ3v) is 11.5. The van der Waals surface area contributed by atoms with Gasteiger partial charge in [0, 0.05) is 38.6 Å². The van der Waals surface area contributed by atoms with Crippen LogP contribution in [0.1, 0.15) is 22.3 Å². The van der Waals surface area contributed by atoms with Gasteiger partial charge in [0.1, 0.15) is 0 Å². The lowest BCUT2D eigenvalue weighted by atomic mass is 9.46. The van der Waals surface area contributed by atoms with Crippen LogP contribution in [0.3, 0.4) is 0 Å². The molecule has 0 saturated carbocycles. The topological polar surface area (TPSA) is 24.1 Å². The van der Waals surface area contributed by atoms with Crippen LogP contribution in [0.5, 0.6) is 0 Å². The molecule has 0 radical (unpaired) electrons. The summed E-state index contributed by atoms with van der Waals surface area (Å²) in [4.78, 5) is 0. The van der Waals surface area contributed by atoms with Gasteiger partial charge in [-0.25, -0.2) is 0 Å². The number of nitrogens with one attached hydrogen (secondary N) is 2. The van der Waals surface area contributed by atoms with E-state index >= 15 is 0 Å². The Balaban J connectivity index is 1.45. The van der Waals surface area contributed by atoms with Gasteiger partial charge in [0.25, 0.3) is 0 Å². The predicted molar refractivity (Wildman–Crippen MR) is 207 cm³/mol. The highest BCUT2D eigenvalue weighted by atomic mass is 127. The van der Waals surface area contributed by atoms with E-state index in [0.717, 1.165) is 31.5 Å². The first-order valence-electron chi connectivity index (χ1n) is 13.6. The molecular weight excluding hydrogens is 872 g/mol. The van der Waals surface area contributed by atoms with Crippen LogP contribution in [0, 0.1) is 7.14 Å². The molecule has 5 aromatic rings. The summed E-state index contributed by atoms with van der Waals surface area (Å²) >= 11 is 13.1. The summed E-state index contributed by atoms with van der Waals surface area (Å²) in [5, 5.41) is 7.87. The predicted octanol–water partition coefficient (Wildman–Crippen LogP) is 9.15. The van der Waals surface area contributed by atoms with E-state index < -0.39 is 0 Å². The second kappa shape index (κ2) is 12.0. The summed E-state index contributed by atoms with van der Waals surface area (Å²) in [5.41, 5.74) is 11.9. The molecule has 0 amide bonds. The maximum absolute atomic E-state index is 4.11. The summed E-state index contributed by atoms with van der Waals surface area (Å²) in [6.45, 7) is -0.0130. The van der Waals surface area contributed by atoms with Crippen molar-refractivity contribution in [2.24, 2.45) is 0 Å². The molecule has 8 heteroatoms. The zero-order valence-electron chi connectivity index (χ0n) is 22.2. The molecule has 2 aliphatic heterocycles. The highest BCUT2D eigenvalue weighted by Gasteiger charge is 2.37. The first-order chi connectivity index (χ1) is 20.5. The Morgan fingerprint density at radius 1 is 0.452 bits per heavy atom. The molecule has 42 heavy (non-hydrogen) atoms. The quantitative estimate of drug-likeness (QED) is 0.139. The van der Waals surface area contributed by atoms with Crippen molar-refractivity contribution in [3.05, 3.63) is 151 Å². The fraction of sp³-hybridized carbons (Fsp3) is 0.